The van der Waals surface area contributed by atoms with Crippen LogP contribution in [0.1, 0.15) is 52.0 Å². The van der Waals surface area contributed by atoms with Gasteiger partial charge in [0.05, 0.1) is 11.1 Å². The summed E-state index contributed by atoms with van der Waals surface area (Å²) < 4.78 is 0. The minimum absolute atomic E-state index is 0.231. The van der Waals surface area contributed by atoms with E-state index in [1.54, 1.807) is 42.5 Å². The van der Waals surface area contributed by atoms with Gasteiger partial charge in [0.25, 0.3) is 0 Å². The molecule has 4 N–H and O–H groups in total. The van der Waals surface area contributed by atoms with E-state index in [0.717, 1.165) is 48.8 Å². The summed E-state index contributed by atoms with van der Waals surface area (Å²) in [6, 6.07) is 11.7. The first-order valence-corrected chi connectivity index (χ1v) is 8.43. The molecule has 2 rings (SSSR count). The molecule has 0 aromatic heterocycles. The van der Waals surface area contributed by atoms with Gasteiger partial charge in [-0.2, -0.15) is 0 Å². The highest BCUT2D eigenvalue weighted by atomic mass is 16.4. The molecule has 0 heterocycles. The van der Waals surface area contributed by atoms with Gasteiger partial charge in [-0.05, 0) is 66.8 Å². The molecule has 2 aromatic rings. The van der Waals surface area contributed by atoms with Crippen molar-refractivity contribution >= 4 is 11.9 Å². The molecule has 0 aliphatic heterocycles. The first-order valence-electron chi connectivity index (χ1n) is 8.43. The van der Waals surface area contributed by atoms with Crippen molar-refractivity contribution in [1.29, 1.82) is 0 Å². The van der Waals surface area contributed by atoms with E-state index in [1.165, 1.54) is 0 Å². The van der Waals surface area contributed by atoms with E-state index in [0.29, 0.717) is 6.54 Å². The van der Waals surface area contributed by atoms with Crippen molar-refractivity contribution in [2.45, 2.75) is 32.1 Å². The third-order valence-corrected chi connectivity index (χ3v) is 4.20. The molecule has 5 heteroatoms. The second-order valence-corrected chi connectivity index (χ2v) is 6.01. The van der Waals surface area contributed by atoms with Crippen LogP contribution in [0.15, 0.2) is 42.5 Å². The number of aromatic carboxylic acids is 2. The van der Waals surface area contributed by atoms with Gasteiger partial charge in [-0.3, -0.25) is 0 Å². The van der Waals surface area contributed by atoms with Gasteiger partial charge in [0.1, 0.15) is 0 Å². The molecule has 0 saturated carbocycles. The third-order valence-electron chi connectivity index (χ3n) is 4.20. The predicted octanol–water partition coefficient (Wildman–Crippen LogP) is 3.81. The van der Waals surface area contributed by atoms with Crippen LogP contribution < -0.4 is 5.73 Å². The van der Waals surface area contributed by atoms with Crippen LogP contribution in [0.5, 0.6) is 0 Å². The predicted molar refractivity (Wildman–Crippen MR) is 97.0 cm³/mol. The number of carbonyl (C=O) groups is 2. The van der Waals surface area contributed by atoms with Gasteiger partial charge >= 0.3 is 11.9 Å². The van der Waals surface area contributed by atoms with E-state index in [4.69, 9.17) is 10.8 Å². The molecule has 5 nitrogen and oxygen atoms in total. The molecule has 25 heavy (non-hydrogen) atoms. The number of nitrogens with two attached hydrogens (primary N) is 1. The number of aryl methyl sites for hydroxylation is 1. The van der Waals surface area contributed by atoms with Crippen LogP contribution in [-0.2, 0) is 6.42 Å². The second-order valence-electron chi connectivity index (χ2n) is 6.01. The Labute approximate surface area is 147 Å². The number of hydrogen-bond acceptors (Lipinski definition) is 3. The Kier molecular flexibility index (Phi) is 6.71. The quantitative estimate of drug-likeness (QED) is 0.602. The van der Waals surface area contributed by atoms with Crippen LogP contribution in [0.2, 0.25) is 0 Å². The van der Waals surface area contributed by atoms with Crippen molar-refractivity contribution < 1.29 is 19.8 Å². The molecular weight excluding hydrogens is 318 g/mol. The van der Waals surface area contributed by atoms with Crippen LogP contribution >= 0.6 is 0 Å². The van der Waals surface area contributed by atoms with Crippen molar-refractivity contribution in [3.8, 4) is 11.1 Å². The van der Waals surface area contributed by atoms with Crippen molar-refractivity contribution in [3.63, 3.8) is 0 Å². The Morgan fingerprint density at radius 1 is 0.800 bits per heavy atom. The fourth-order valence-electron chi connectivity index (χ4n) is 2.82. The lowest BCUT2D eigenvalue weighted by molar-refractivity contribution is 0.0686. The Morgan fingerprint density at radius 3 is 2.00 bits per heavy atom. The average Bonchev–Trinajstić information content (AvgIpc) is 2.61. The summed E-state index contributed by atoms with van der Waals surface area (Å²) in [6.07, 6.45) is 4.85. The molecule has 2 aromatic carbocycles. The Balaban J connectivity index is 2.25. The van der Waals surface area contributed by atoms with E-state index < -0.39 is 11.9 Å². The first-order chi connectivity index (χ1) is 12.0. The molecule has 132 valence electrons. The summed E-state index contributed by atoms with van der Waals surface area (Å²) in [6.45, 7) is 0.690. The minimum atomic E-state index is -0.965. The van der Waals surface area contributed by atoms with Crippen molar-refractivity contribution in [2.24, 2.45) is 5.73 Å². The summed E-state index contributed by atoms with van der Waals surface area (Å²) in [5.74, 6) is -1.91. The molecule has 0 spiro atoms. The lowest BCUT2D eigenvalue weighted by atomic mass is 9.93. The number of hydrogen-bond donors (Lipinski definition) is 3. The molecule has 0 amide bonds. The Morgan fingerprint density at radius 2 is 1.40 bits per heavy atom. The molecule has 0 aliphatic rings. The maximum Gasteiger partial charge on any atom is 0.335 e. The van der Waals surface area contributed by atoms with Crippen LogP contribution in [0.4, 0.5) is 0 Å². The average molecular weight is 341 g/mol. The lowest BCUT2D eigenvalue weighted by Gasteiger charge is -2.12. The van der Waals surface area contributed by atoms with E-state index >= 15 is 0 Å². The van der Waals surface area contributed by atoms with E-state index in [2.05, 4.69) is 0 Å². The summed E-state index contributed by atoms with van der Waals surface area (Å²) in [4.78, 5) is 22.2. The van der Waals surface area contributed by atoms with Gasteiger partial charge in [-0.1, -0.05) is 31.0 Å². The number of benzene rings is 2. The van der Waals surface area contributed by atoms with E-state index in [9.17, 15) is 14.7 Å². The summed E-state index contributed by atoms with van der Waals surface area (Å²) in [5.41, 5.74) is 8.80. The molecule has 0 unspecified atom stereocenters. The number of carboxylic acids is 2. The van der Waals surface area contributed by atoms with Crippen molar-refractivity contribution in [2.75, 3.05) is 6.54 Å². The molecule has 0 fully saturated rings. The zero-order chi connectivity index (χ0) is 18.2. The van der Waals surface area contributed by atoms with E-state index in [1.807, 2.05) is 0 Å². The summed E-state index contributed by atoms with van der Waals surface area (Å²) in [5, 5.41) is 18.2. The third kappa shape index (κ3) is 5.16. The molecule has 0 atom stereocenters. The highest BCUT2D eigenvalue weighted by molar-refractivity contribution is 5.90. The standard InChI is InChI=1S/C20H23NO4/c21-12-4-2-1-3-5-16-13-17(20(24)25)10-11-18(16)14-6-8-15(9-7-14)19(22)23/h6-11,13H,1-5,12,21H2,(H,22,23)(H,24,25). The SMILES string of the molecule is NCCCCCCc1cc(C(=O)O)ccc1-c1ccc(C(=O)O)cc1. The number of unbranched alkanes of at least 4 members (excludes halogenated alkanes) is 3. The lowest BCUT2D eigenvalue weighted by Crippen LogP contribution is -2.01. The van der Waals surface area contributed by atoms with Gasteiger partial charge in [-0.15, -0.1) is 0 Å². The van der Waals surface area contributed by atoms with Crippen molar-refractivity contribution in [1.82, 2.24) is 0 Å². The largest absolute Gasteiger partial charge is 0.478 e. The van der Waals surface area contributed by atoms with Crippen LogP contribution in [-0.4, -0.2) is 28.7 Å². The Hall–Kier alpha value is -2.66. The normalized spacial score (nSPS) is 10.6. The topological polar surface area (TPSA) is 101 Å². The highest BCUT2D eigenvalue weighted by Gasteiger charge is 2.11. The van der Waals surface area contributed by atoms with Crippen molar-refractivity contribution in [3.05, 3.63) is 59.2 Å². The van der Waals surface area contributed by atoms with Gasteiger partial charge in [0.2, 0.25) is 0 Å². The fraction of sp³-hybridized carbons (Fsp3) is 0.300. The maximum atomic E-state index is 11.3. The van der Waals surface area contributed by atoms with Crippen LogP contribution in [0, 0.1) is 0 Å². The van der Waals surface area contributed by atoms with Gasteiger partial charge in [0, 0.05) is 0 Å². The van der Waals surface area contributed by atoms with Gasteiger partial charge in [0.15, 0.2) is 0 Å². The number of carboxylic acid groups (broad SMARTS) is 2. The molecule has 0 saturated heterocycles. The second kappa shape index (κ2) is 8.99. The van der Waals surface area contributed by atoms with Crippen LogP contribution in [0.3, 0.4) is 0 Å². The maximum absolute atomic E-state index is 11.3. The fourth-order valence-corrected chi connectivity index (χ4v) is 2.82. The zero-order valence-corrected chi connectivity index (χ0v) is 14.1. The van der Waals surface area contributed by atoms with Crippen LogP contribution in [0.25, 0.3) is 11.1 Å². The highest BCUT2D eigenvalue weighted by Crippen LogP contribution is 2.27. The number of rotatable bonds is 9. The monoisotopic (exact) mass is 341 g/mol. The smallest absolute Gasteiger partial charge is 0.335 e. The molecule has 0 aliphatic carbocycles. The first kappa shape index (κ1) is 18.7. The summed E-state index contributed by atoms with van der Waals surface area (Å²) >= 11 is 0. The zero-order valence-electron chi connectivity index (χ0n) is 14.1. The van der Waals surface area contributed by atoms with E-state index in [-0.39, 0.29) is 11.1 Å². The van der Waals surface area contributed by atoms with Gasteiger partial charge < -0.3 is 15.9 Å². The molecule has 0 bridgehead atoms. The molecule has 0 radical (unpaired) electrons. The Bertz CT molecular complexity index is 738. The van der Waals surface area contributed by atoms with Gasteiger partial charge in [-0.25, -0.2) is 9.59 Å². The minimum Gasteiger partial charge on any atom is -0.478 e. The summed E-state index contributed by atoms with van der Waals surface area (Å²) in [7, 11) is 0. The molecular formula is C20H23NO4.